The van der Waals surface area contributed by atoms with Gasteiger partial charge in [0.25, 0.3) is 0 Å². The van der Waals surface area contributed by atoms with E-state index in [0.29, 0.717) is 4.47 Å². The second kappa shape index (κ2) is 6.65. The highest BCUT2D eigenvalue weighted by atomic mass is 79.9. The molecule has 0 aliphatic carbocycles. The van der Waals surface area contributed by atoms with Crippen LogP contribution in [0.25, 0.3) is 0 Å². The lowest BCUT2D eigenvalue weighted by atomic mass is 9.80. The first kappa shape index (κ1) is 19.2. The van der Waals surface area contributed by atoms with E-state index in [4.69, 9.17) is 0 Å². The molecular formula is C16H23BrN2O4S. The number of hydrogen-bond acceptors (Lipinski definition) is 3. The summed E-state index contributed by atoms with van der Waals surface area (Å²) in [6.07, 6.45) is -1.01. The topological polar surface area (TPSA) is 77.9 Å². The summed E-state index contributed by atoms with van der Waals surface area (Å²) < 4.78 is 28.1. The highest BCUT2D eigenvalue weighted by Gasteiger charge is 2.47. The Morgan fingerprint density at radius 3 is 2.33 bits per heavy atom. The number of benzene rings is 1. The fourth-order valence-electron chi connectivity index (χ4n) is 3.49. The summed E-state index contributed by atoms with van der Waals surface area (Å²) >= 11 is 3.30. The maximum Gasteiger partial charge on any atom is 0.407 e. The zero-order chi connectivity index (χ0) is 18.3. The Kier molecular flexibility index (Phi) is 5.32. The van der Waals surface area contributed by atoms with Gasteiger partial charge in [0.15, 0.2) is 0 Å². The molecule has 1 aromatic rings. The van der Waals surface area contributed by atoms with Crippen LogP contribution in [-0.4, -0.2) is 54.0 Å². The van der Waals surface area contributed by atoms with Crippen molar-refractivity contribution in [2.75, 3.05) is 13.1 Å². The van der Waals surface area contributed by atoms with Crippen molar-refractivity contribution in [3.8, 4) is 0 Å². The number of sulfonamides is 1. The molecule has 1 saturated heterocycles. The van der Waals surface area contributed by atoms with Crippen molar-refractivity contribution in [3.05, 3.63) is 28.7 Å². The van der Waals surface area contributed by atoms with Crippen molar-refractivity contribution < 1.29 is 18.3 Å². The number of piperazine rings is 1. The Hall–Kier alpha value is -1.12. The molecule has 2 rings (SSSR count). The third-order valence-electron chi connectivity index (χ3n) is 4.36. The van der Waals surface area contributed by atoms with E-state index >= 15 is 0 Å². The Bertz CT molecular complexity index is 730. The van der Waals surface area contributed by atoms with Gasteiger partial charge in [-0.2, -0.15) is 4.31 Å². The van der Waals surface area contributed by atoms with E-state index in [0.717, 1.165) is 0 Å². The van der Waals surface area contributed by atoms with Gasteiger partial charge in [-0.1, -0.05) is 32.9 Å². The number of amides is 1. The zero-order valence-corrected chi connectivity index (χ0v) is 16.6. The lowest BCUT2D eigenvalue weighted by Crippen LogP contribution is -2.64. The first-order chi connectivity index (χ1) is 11.0. The molecular weight excluding hydrogens is 396 g/mol. The number of nitrogens with zero attached hydrogens (tertiary/aromatic N) is 2. The van der Waals surface area contributed by atoms with E-state index in [-0.39, 0.29) is 23.4 Å². The summed E-state index contributed by atoms with van der Waals surface area (Å²) in [5, 5.41) is 9.49. The van der Waals surface area contributed by atoms with Crippen molar-refractivity contribution in [2.24, 2.45) is 5.41 Å². The van der Waals surface area contributed by atoms with Crippen molar-refractivity contribution in [2.45, 2.75) is 44.7 Å². The molecule has 1 aliphatic rings. The van der Waals surface area contributed by atoms with Crippen molar-refractivity contribution in [3.63, 3.8) is 0 Å². The van der Waals surface area contributed by atoms with Gasteiger partial charge in [-0.25, -0.2) is 13.2 Å². The molecule has 0 aromatic heterocycles. The minimum Gasteiger partial charge on any atom is -0.465 e. The van der Waals surface area contributed by atoms with Crippen LogP contribution in [0.1, 0.15) is 27.7 Å². The number of halogens is 1. The van der Waals surface area contributed by atoms with Crippen LogP contribution in [0.5, 0.6) is 0 Å². The van der Waals surface area contributed by atoms with Crippen LogP contribution < -0.4 is 0 Å². The molecule has 2 atom stereocenters. The molecule has 24 heavy (non-hydrogen) atoms. The fraction of sp³-hybridized carbons (Fsp3) is 0.562. The van der Waals surface area contributed by atoms with E-state index in [1.54, 1.807) is 31.2 Å². The summed E-state index contributed by atoms with van der Waals surface area (Å²) in [4.78, 5) is 13.1. The first-order valence-electron chi connectivity index (χ1n) is 7.74. The van der Waals surface area contributed by atoms with Crippen molar-refractivity contribution in [1.82, 2.24) is 9.21 Å². The van der Waals surface area contributed by atoms with Crippen LogP contribution in [0.4, 0.5) is 4.79 Å². The van der Waals surface area contributed by atoms with Crippen LogP contribution >= 0.6 is 15.9 Å². The summed E-state index contributed by atoms with van der Waals surface area (Å²) in [7, 11) is -3.72. The summed E-state index contributed by atoms with van der Waals surface area (Å²) in [5.74, 6) is 0. The molecule has 134 valence electrons. The lowest BCUT2D eigenvalue weighted by Gasteiger charge is -2.49. The van der Waals surface area contributed by atoms with E-state index in [1.165, 1.54) is 9.21 Å². The van der Waals surface area contributed by atoms with Gasteiger partial charge in [-0.15, -0.1) is 0 Å². The molecule has 1 unspecified atom stereocenters. The van der Waals surface area contributed by atoms with E-state index in [2.05, 4.69) is 15.9 Å². The largest absolute Gasteiger partial charge is 0.465 e. The van der Waals surface area contributed by atoms with Gasteiger partial charge in [0, 0.05) is 23.6 Å². The smallest absolute Gasteiger partial charge is 0.407 e. The second-order valence-corrected chi connectivity index (χ2v) is 9.79. The maximum atomic E-state index is 13.1. The molecule has 1 aliphatic heterocycles. The minimum absolute atomic E-state index is 0.143. The highest BCUT2D eigenvalue weighted by Crippen LogP contribution is 2.35. The first-order valence-corrected chi connectivity index (χ1v) is 9.97. The van der Waals surface area contributed by atoms with E-state index < -0.39 is 28.2 Å². The van der Waals surface area contributed by atoms with Crippen molar-refractivity contribution in [1.29, 1.82) is 0 Å². The molecule has 8 heteroatoms. The molecule has 0 bridgehead atoms. The number of rotatable bonds is 2. The summed E-state index contributed by atoms with van der Waals surface area (Å²) in [5.41, 5.74) is -0.389. The number of carboxylic acid groups (broad SMARTS) is 1. The van der Waals surface area contributed by atoms with Crippen LogP contribution in [0.3, 0.4) is 0 Å². The van der Waals surface area contributed by atoms with E-state index in [9.17, 15) is 18.3 Å². The monoisotopic (exact) mass is 418 g/mol. The average molecular weight is 419 g/mol. The van der Waals surface area contributed by atoms with Gasteiger partial charge in [0.05, 0.1) is 10.9 Å². The summed E-state index contributed by atoms with van der Waals surface area (Å²) in [6.45, 7) is 7.87. The number of hydrogen-bond donors (Lipinski definition) is 1. The average Bonchev–Trinajstić information content (AvgIpc) is 2.45. The highest BCUT2D eigenvalue weighted by molar-refractivity contribution is 9.10. The van der Waals surface area contributed by atoms with Crippen molar-refractivity contribution >= 4 is 32.0 Å². The molecule has 0 spiro atoms. The summed E-state index contributed by atoms with van der Waals surface area (Å²) in [6, 6.07) is 5.78. The van der Waals surface area contributed by atoms with Gasteiger partial charge in [0.2, 0.25) is 10.0 Å². The van der Waals surface area contributed by atoms with Gasteiger partial charge in [-0.3, -0.25) is 0 Å². The maximum absolute atomic E-state index is 13.1. The SMILES string of the molecule is C[C@H]1C(C(C)(C)C)N(C(=O)O)CCN1S(=O)(=O)c1ccccc1Br. The molecule has 1 aromatic carbocycles. The molecule has 0 radical (unpaired) electrons. The zero-order valence-electron chi connectivity index (χ0n) is 14.2. The Labute approximate surface area is 151 Å². The molecule has 1 amide bonds. The Balaban J connectivity index is 2.46. The normalized spacial score (nSPS) is 23.3. The molecule has 1 fully saturated rings. The standard InChI is InChI=1S/C16H23BrN2O4S/c1-11-14(16(2,3)4)18(15(20)21)9-10-19(11)24(22,23)13-8-6-5-7-12(13)17/h5-8,11,14H,9-10H2,1-4H3,(H,20,21)/t11-,14?/m0/s1. The predicted octanol–water partition coefficient (Wildman–Crippen LogP) is 3.24. The predicted molar refractivity (Wildman–Crippen MR) is 95.5 cm³/mol. The minimum atomic E-state index is -3.72. The third kappa shape index (κ3) is 3.45. The van der Waals surface area contributed by atoms with Crippen LogP contribution in [-0.2, 0) is 10.0 Å². The Morgan fingerprint density at radius 2 is 1.83 bits per heavy atom. The third-order valence-corrected chi connectivity index (χ3v) is 7.36. The van der Waals surface area contributed by atoms with Gasteiger partial charge in [0.1, 0.15) is 0 Å². The fourth-order valence-corrected chi connectivity index (χ4v) is 6.08. The van der Waals surface area contributed by atoms with Crippen LogP contribution in [0.2, 0.25) is 0 Å². The lowest BCUT2D eigenvalue weighted by molar-refractivity contribution is 0.0158. The second-order valence-electron chi connectivity index (χ2n) is 7.07. The van der Waals surface area contributed by atoms with E-state index in [1.807, 2.05) is 20.8 Å². The number of carbonyl (C=O) groups is 1. The van der Waals surface area contributed by atoms with Gasteiger partial charge >= 0.3 is 6.09 Å². The van der Waals surface area contributed by atoms with Crippen LogP contribution in [0, 0.1) is 5.41 Å². The quantitative estimate of drug-likeness (QED) is 0.799. The molecule has 1 heterocycles. The molecule has 6 nitrogen and oxygen atoms in total. The molecule has 0 saturated carbocycles. The van der Waals surface area contributed by atoms with Gasteiger partial charge < -0.3 is 10.0 Å². The Morgan fingerprint density at radius 1 is 1.25 bits per heavy atom. The van der Waals surface area contributed by atoms with Gasteiger partial charge in [-0.05, 0) is 40.4 Å². The molecule has 1 N–H and O–H groups in total. The van der Waals surface area contributed by atoms with Crippen LogP contribution in [0.15, 0.2) is 33.6 Å².